The second-order valence-electron chi connectivity index (χ2n) is 3.12. The van der Waals surface area contributed by atoms with Crippen LogP contribution in [0.4, 0.5) is 0 Å². The molecule has 0 saturated carbocycles. The van der Waals surface area contributed by atoms with Gasteiger partial charge in [-0.2, -0.15) is 0 Å². The molecular weight excluding hydrogens is 138 g/mol. The van der Waals surface area contributed by atoms with Gasteiger partial charge in [0.05, 0.1) is 0 Å². The van der Waals surface area contributed by atoms with E-state index in [0.29, 0.717) is 0 Å². The largest absolute Gasteiger partial charge is 0.305 e. The fourth-order valence-electron chi connectivity index (χ4n) is 0.674. The molecule has 0 aliphatic carbocycles. The second-order valence-corrected chi connectivity index (χ2v) is 3.12. The first-order valence-corrected chi connectivity index (χ1v) is 4.14. The summed E-state index contributed by atoms with van der Waals surface area (Å²) in [5.74, 6) is 0. The highest BCUT2D eigenvalue weighted by Crippen LogP contribution is 1.87. The van der Waals surface area contributed by atoms with Crippen molar-refractivity contribution in [3.8, 4) is 0 Å². The van der Waals surface area contributed by atoms with Crippen LogP contribution in [0.5, 0.6) is 0 Å². The van der Waals surface area contributed by atoms with Crippen LogP contribution in [0.3, 0.4) is 0 Å². The quantitative estimate of drug-likeness (QED) is 0.536. The molecule has 0 bridgehead atoms. The Hall–Kier alpha value is -0.120. The maximum atomic E-state index is 2.31. The standard InChI is InChI=1S/C8H21N3/c1-6-10(4)7-8-11(5)9(2)3/h6-8H2,1-5H3. The van der Waals surface area contributed by atoms with Crippen LogP contribution in [0, 0.1) is 0 Å². The van der Waals surface area contributed by atoms with E-state index in [-0.39, 0.29) is 0 Å². The van der Waals surface area contributed by atoms with Crippen LogP contribution >= 0.6 is 0 Å². The van der Waals surface area contributed by atoms with Gasteiger partial charge in [0, 0.05) is 34.2 Å². The molecule has 0 aliphatic rings. The van der Waals surface area contributed by atoms with Crippen molar-refractivity contribution in [2.24, 2.45) is 0 Å². The Bertz CT molecular complexity index is 93.3. The average Bonchev–Trinajstić information content (AvgIpc) is 1.99. The molecule has 0 spiro atoms. The minimum absolute atomic E-state index is 1.09. The lowest BCUT2D eigenvalue weighted by molar-refractivity contribution is 0.0480. The zero-order valence-electron chi connectivity index (χ0n) is 8.46. The van der Waals surface area contributed by atoms with Crippen molar-refractivity contribution in [3.05, 3.63) is 0 Å². The average molecular weight is 159 g/mol. The van der Waals surface area contributed by atoms with Crippen molar-refractivity contribution in [1.29, 1.82) is 0 Å². The molecule has 0 atom stereocenters. The third-order valence-corrected chi connectivity index (χ3v) is 2.03. The van der Waals surface area contributed by atoms with Crippen molar-refractivity contribution >= 4 is 0 Å². The minimum atomic E-state index is 1.09. The molecular formula is C8H21N3. The summed E-state index contributed by atoms with van der Waals surface area (Å²) < 4.78 is 0. The Balaban J connectivity index is 3.37. The fourth-order valence-corrected chi connectivity index (χ4v) is 0.674. The topological polar surface area (TPSA) is 9.72 Å². The molecule has 0 unspecified atom stereocenters. The highest BCUT2D eigenvalue weighted by molar-refractivity contribution is 4.50. The Morgan fingerprint density at radius 1 is 0.909 bits per heavy atom. The van der Waals surface area contributed by atoms with Gasteiger partial charge >= 0.3 is 0 Å². The van der Waals surface area contributed by atoms with Gasteiger partial charge in [0.1, 0.15) is 0 Å². The van der Waals surface area contributed by atoms with Gasteiger partial charge in [-0.1, -0.05) is 6.92 Å². The normalized spacial score (nSPS) is 12.0. The van der Waals surface area contributed by atoms with E-state index in [2.05, 4.69) is 50.0 Å². The Kier molecular flexibility index (Phi) is 5.46. The van der Waals surface area contributed by atoms with Crippen LogP contribution in [0.25, 0.3) is 0 Å². The minimum Gasteiger partial charge on any atom is -0.305 e. The van der Waals surface area contributed by atoms with Crippen molar-refractivity contribution in [3.63, 3.8) is 0 Å². The Morgan fingerprint density at radius 2 is 1.45 bits per heavy atom. The summed E-state index contributed by atoms with van der Waals surface area (Å²) in [5, 5.41) is 4.30. The number of likely N-dealkylation sites (N-methyl/N-ethyl adjacent to an activating group) is 2. The molecule has 3 heteroatoms. The molecule has 3 nitrogen and oxygen atoms in total. The van der Waals surface area contributed by atoms with E-state index in [1.54, 1.807) is 0 Å². The SMILES string of the molecule is CCN(C)CCN(C)N(C)C. The van der Waals surface area contributed by atoms with Crippen LogP contribution in [0.2, 0.25) is 0 Å². The van der Waals surface area contributed by atoms with E-state index >= 15 is 0 Å². The second kappa shape index (κ2) is 5.52. The zero-order valence-corrected chi connectivity index (χ0v) is 8.46. The molecule has 0 rings (SSSR count). The van der Waals surface area contributed by atoms with Gasteiger partial charge in [-0.25, -0.2) is 10.0 Å². The molecule has 0 radical (unpaired) electrons. The van der Waals surface area contributed by atoms with Gasteiger partial charge < -0.3 is 4.90 Å². The summed E-state index contributed by atoms with van der Waals surface area (Å²) >= 11 is 0. The molecule has 0 aromatic rings. The third kappa shape index (κ3) is 5.18. The van der Waals surface area contributed by atoms with E-state index in [1.165, 1.54) is 0 Å². The molecule has 0 fully saturated rings. The first kappa shape index (κ1) is 10.9. The van der Waals surface area contributed by atoms with Gasteiger partial charge in [-0.05, 0) is 13.6 Å². The van der Waals surface area contributed by atoms with Crippen molar-refractivity contribution in [1.82, 2.24) is 14.9 Å². The predicted molar refractivity (Wildman–Crippen MR) is 49.5 cm³/mol. The van der Waals surface area contributed by atoms with Crippen molar-refractivity contribution < 1.29 is 0 Å². The van der Waals surface area contributed by atoms with Crippen LogP contribution in [-0.4, -0.2) is 62.7 Å². The van der Waals surface area contributed by atoms with Crippen LogP contribution in [0.1, 0.15) is 6.92 Å². The number of nitrogens with zero attached hydrogens (tertiary/aromatic N) is 3. The monoisotopic (exact) mass is 159 g/mol. The van der Waals surface area contributed by atoms with E-state index in [0.717, 1.165) is 19.6 Å². The van der Waals surface area contributed by atoms with Crippen LogP contribution < -0.4 is 0 Å². The molecule has 0 saturated heterocycles. The lowest BCUT2D eigenvalue weighted by Crippen LogP contribution is -2.38. The van der Waals surface area contributed by atoms with Crippen molar-refractivity contribution in [2.45, 2.75) is 6.92 Å². The van der Waals surface area contributed by atoms with E-state index in [1.807, 2.05) is 0 Å². The van der Waals surface area contributed by atoms with Crippen LogP contribution in [0.15, 0.2) is 0 Å². The van der Waals surface area contributed by atoms with Gasteiger partial charge in [0.25, 0.3) is 0 Å². The van der Waals surface area contributed by atoms with E-state index in [4.69, 9.17) is 0 Å². The number of hydrazine groups is 1. The first-order chi connectivity index (χ1) is 5.07. The fraction of sp³-hybridized carbons (Fsp3) is 1.00. The zero-order chi connectivity index (χ0) is 8.85. The Labute approximate surface area is 70.5 Å². The predicted octanol–water partition coefficient (Wildman–Crippen LogP) is 0.346. The maximum Gasteiger partial charge on any atom is 0.0257 e. The molecule has 68 valence electrons. The number of hydrogen-bond acceptors (Lipinski definition) is 3. The molecule has 11 heavy (non-hydrogen) atoms. The summed E-state index contributed by atoms with van der Waals surface area (Å²) in [6.07, 6.45) is 0. The smallest absolute Gasteiger partial charge is 0.0257 e. The van der Waals surface area contributed by atoms with Gasteiger partial charge in [0.15, 0.2) is 0 Å². The molecule has 0 aromatic carbocycles. The summed E-state index contributed by atoms with van der Waals surface area (Å²) in [4.78, 5) is 2.31. The number of rotatable bonds is 5. The number of hydrogen-bond donors (Lipinski definition) is 0. The Morgan fingerprint density at radius 3 is 1.82 bits per heavy atom. The summed E-state index contributed by atoms with van der Waals surface area (Å²) in [7, 11) is 8.37. The molecule has 0 aliphatic heterocycles. The lowest BCUT2D eigenvalue weighted by Gasteiger charge is -2.26. The summed E-state index contributed by atoms with van der Waals surface area (Å²) in [6.45, 7) is 5.53. The molecule has 0 heterocycles. The van der Waals surface area contributed by atoms with E-state index < -0.39 is 0 Å². The lowest BCUT2D eigenvalue weighted by atomic mass is 10.5. The van der Waals surface area contributed by atoms with Crippen molar-refractivity contribution in [2.75, 3.05) is 47.8 Å². The highest BCUT2D eigenvalue weighted by Gasteiger charge is 2.00. The highest BCUT2D eigenvalue weighted by atomic mass is 15.6. The van der Waals surface area contributed by atoms with Gasteiger partial charge in [-0.3, -0.25) is 0 Å². The van der Waals surface area contributed by atoms with Gasteiger partial charge in [0.2, 0.25) is 0 Å². The maximum absolute atomic E-state index is 2.31. The van der Waals surface area contributed by atoms with Gasteiger partial charge in [-0.15, -0.1) is 0 Å². The van der Waals surface area contributed by atoms with E-state index in [9.17, 15) is 0 Å². The van der Waals surface area contributed by atoms with Crippen LogP contribution in [-0.2, 0) is 0 Å². The first-order valence-electron chi connectivity index (χ1n) is 4.14. The third-order valence-electron chi connectivity index (χ3n) is 2.03. The molecule has 0 N–H and O–H groups in total. The summed E-state index contributed by atoms with van der Waals surface area (Å²) in [6, 6.07) is 0. The molecule has 0 amide bonds. The summed E-state index contributed by atoms with van der Waals surface area (Å²) in [5.41, 5.74) is 0. The molecule has 0 aromatic heterocycles.